The number of hydrogen-bond donors (Lipinski definition) is 2. The van der Waals surface area contributed by atoms with Crippen molar-refractivity contribution < 1.29 is 15.0 Å². The Morgan fingerprint density at radius 2 is 2.21 bits per heavy atom. The van der Waals surface area contributed by atoms with Gasteiger partial charge < -0.3 is 15.1 Å². The smallest absolute Gasteiger partial charge is 0.257 e. The van der Waals surface area contributed by atoms with Crippen LogP contribution in [-0.4, -0.2) is 39.5 Å². The number of rotatable bonds is 4. The number of halogens is 1. The van der Waals surface area contributed by atoms with Crippen LogP contribution in [0.5, 0.6) is 11.5 Å². The Balaban J connectivity index is 2.16. The molecule has 1 aromatic carbocycles. The van der Waals surface area contributed by atoms with Crippen molar-refractivity contribution in [2.75, 3.05) is 12.4 Å². The number of carbonyl (C=O) groups is 1. The molecule has 0 bridgehead atoms. The molecule has 0 radical (unpaired) electrons. The van der Waals surface area contributed by atoms with Crippen LogP contribution >= 0.6 is 11.6 Å². The summed E-state index contributed by atoms with van der Waals surface area (Å²) in [5, 5.41) is 19.2. The van der Waals surface area contributed by atoms with Crippen LogP contribution in [0, 0.1) is 0 Å². The molecule has 1 amide bonds. The zero-order valence-electron chi connectivity index (χ0n) is 10.7. The number of alkyl halides is 1. The van der Waals surface area contributed by atoms with E-state index in [1.54, 1.807) is 4.90 Å². The summed E-state index contributed by atoms with van der Waals surface area (Å²) in [6.45, 7) is 0.695. The van der Waals surface area contributed by atoms with Crippen LogP contribution < -0.4 is 0 Å². The highest BCUT2D eigenvalue weighted by atomic mass is 35.5. The zero-order valence-corrected chi connectivity index (χ0v) is 11.4. The molecule has 1 aromatic rings. The van der Waals surface area contributed by atoms with Crippen molar-refractivity contribution in [1.82, 2.24) is 4.90 Å². The first-order chi connectivity index (χ1) is 9.13. The molecule has 2 N–H and O–H groups in total. The lowest BCUT2D eigenvalue weighted by Gasteiger charge is -2.25. The van der Waals surface area contributed by atoms with Gasteiger partial charge in [-0.3, -0.25) is 4.79 Å². The third-order valence-electron chi connectivity index (χ3n) is 3.52. The van der Waals surface area contributed by atoms with E-state index in [2.05, 4.69) is 0 Å². The first-order valence-corrected chi connectivity index (χ1v) is 7.06. The number of aromatic hydroxyl groups is 2. The van der Waals surface area contributed by atoms with Crippen LogP contribution in [0.25, 0.3) is 0 Å². The Hall–Kier alpha value is -1.42. The third-order valence-corrected chi connectivity index (χ3v) is 3.79. The molecule has 1 aliphatic heterocycles. The maximum Gasteiger partial charge on any atom is 0.257 e. The molecule has 1 unspecified atom stereocenters. The Kier molecular flexibility index (Phi) is 4.53. The molecule has 0 aliphatic carbocycles. The lowest BCUT2D eigenvalue weighted by atomic mass is 10.1. The summed E-state index contributed by atoms with van der Waals surface area (Å²) in [6, 6.07) is 4.20. The molecular weight excluding hydrogens is 266 g/mol. The maximum absolute atomic E-state index is 12.4. The van der Waals surface area contributed by atoms with Crippen LogP contribution in [0.1, 0.15) is 36.0 Å². The molecular formula is C14H18ClNO3. The first kappa shape index (κ1) is 14.0. The Labute approximate surface area is 117 Å². The van der Waals surface area contributed by atoms with Crippen molar-refractivity contribution in [3.05, 3.63) is 23.8 Å². The Morgan fingerprint density at radius 3 is 2.95 bits per heavy atom. The summed E-state index contributed by atoms with van der Waals surface area (Å²) < 4.78 is 0. The summed E-state index contributed by atoms with van der Waals surface area (Å²) in [5.41, 5.74) is 0.165. The summed E-state index contributed by atoms with van der Waals surface area (Å²) in [7, 11) is 0. The maximum atomic E-state index is 12.4. The summed E-state index contributed by atoms with van der Waals surface area (Å²) in [6.07, 6.45) is 3.71. The van der Waals surface area contributed by atoms with Gasteiger partial charge >= 0.3 is 0 Å². The van der Waals surface area contributed by atoms with E-state index in [9.17, 15) is 15.0 Å². The SMILES string of the molecule is O=C(c1cc(O)ccc1O)N1CCCC1CCCCl. The number of carbonyl (C=O) groups excluding carboxylic acids is 1. The van der Waals surface area contributed by atoms with Gasteiger partial charge in [0.2, 0.25) is 0 Å². The van der Waals surface area contributed by atoms with Gasteiger partial charge in [-0.25, -0.2) is 0 Å². The van der Waals surface area contributed by atoms with E-state index in [4.69, 9.17) is 11.6 Å². The largest absolute Gasteiger partial charge is 0.508 e. The first-order valence-electron chi connectivity index (χ1n) is 6.52. The van der Waals surface area contributed by atoms with Crippen molar-refractivity contribution in [2.24, 2.45) is 0 Å². The van der Waals surface area contributed by atoms with Gasteiger partial charge in [-0.2, -0.15) is 0 Å². The minimum atomic E-state index is -0.217. The molecule has 5 heteroatoms. The summed E-state index contributed by atoms with van der Waals surface area (Å²) in [5.74, 6) is 0.268. The normalized spacial score (nSPS) is 18.8. The second kappa shape index (κ2) is 6.15. The van der Waals surface area contributed by atoms with Gasteiger partial charge in [-0.05, 0) is 43.9 Å². The topological polar surface area (TPSA) is 60.8 Å². The van der Waals surface area contributed by atoms with Gasteiger partial charge in [0, 0.05) is 18.5 Å². The Morgan fingerprint density at radius 1 is 1.42 bits per heavy atom. The van der Waals surface area contributed by atoms with E-state index in [-0.39, 0.29) is 29.0 Å². The number of phenols is 2. The van der Waals surface area contributed by atoms with Crippen molar-refractivity contribution in [1.29, 1.82) is 0 Å². The summed E-state index contributed by atoms with van der Waals surface area (Å²) >= 11 is 5.69. The highest BCUT2D eigenvalue weighted by Gasteiger charge is 2.30. The average Bonchev–Trinajstić information content (AvgIpc) is 2.86. The molecule has 1 heterocycles. The van der Waals surface area contributed by atoms with Crippen molar-refractivity contribution in [3.8, 4) is 11.5 Å². The van der Waals surface area contributed by atoms with Crippen molar-refractivity contribution in [3.63, 3.8) is 0 Å². The fourth-order valence-corrected chi connectivity index (χ4v) is 2.72. The number of benzene rings is 1. The van der Waals surface area contributed by atoms with Crippen LogP contribution in [0.3, 0.4) is 0 Å². The molecule has 2 rings (SSSR count). The third kappa shape index (κ3) is 3.13. The van der Waals surface area contributed by atoms with E-state index in [1.807, 2.05) is 0 Å². The van der Waals surface area contributed by atoms with Gasteiger partial charge in [-0.15, -0.1) is 11.6 Å². The van der Waals surface area contributed by atoms with E-state index >= 15 is 0 Å². The molecule has 1 saturated heterocycles. The van der Waals surface area contributed by atoms with Crippen LogP contribution in [0.15, 0.2) is 18.2 Å². The van der Waals surface area contributed by atoms with Gasteiger partial charge in [0.1, 0.15) is 11.5 Å². The van der Waals surface area contributed by atoms with Gasteiger partial charge in [0.05, 0.1) is 5.56 Å². The van der Waals surface area contributed by atoms with E-state index in [1.165, 1.54) is 18.2 Å². The predicted molar refractivity (Wildman–Crippen MR) is 73.8 cm³/mol. The van der Waals surface area contributed by atoms with Gasteiger partial charge in [0.15, 0.2) is 0 Å². The fraction of sp³-hybridized carbons (Fsp3) is 0.500. The standard InChI is InChI=1S/C14H18ClNO3/c15-7-1-3-10-4-2-8-16(10)14(19)12-9-11(17)5-6-13(12)18/h5-6,9-10,17-18H,1-4,7-8H2. The molecule has 0 saturated carbocycles. The van der Waals surface area contributed by atoms with Crippen LogP contribution in [-0.2, 0) is 0 Å². The molecule has 4 nitrogen and oxygen atoms in total. The highest BCUT2D eigenvalue weighted by Crippen LogP contribution is 2.28. The minimum Gasteiger partial charge on any atom is -0.508 e. The molecule has 0 spiro atoms. The van der Waals surface area contributed by atoms with E-state index < -0.39 is 0 Å². The number of hydrogen-bond acceptors (Lipinski definition) is 3. The highest BCUT2D eigenvalue weighted by molar-refractivity contribution is 6.17. The van der Waals surface area contributed by atoms with E-state index in [0.717, 1.165) is 25.7 Å². The van der Waals surface area contributed by atoms with Gasteiger partial charge in [-0.1, -0.05) is 0 Å². The molecule has 19 heavy (non-hydrogen) atoms. The van der Waals surface area contributed by atoms with Crippen molar-refractivity contribution >= 4 is 17.5 Å². The monoisotopic (exact) mass is 283 g/mol. The Bertz CT molecular complexity index is 464. The molecule has 1 atom stereocenters. The lowest BCUT2D eigenvalue weighted by Crippen LogP contribution is -2.35. The molecule has 104 valence electrons. The molecule has 1 fully saturated rings. The number of amides is 1. The number of nitrogens with zero attached hydrogens (tertiary/aromatic N) is 1. The molecule has 0 aromatic heterocycles. The van der Waals surface area contributed by atoms with Crippen LogP contribution in [0.4, 0.5) is 0 Å². The number of phenolic OH excluding ortho intramolecular Hbond substituents is 2. The quantitative estimate of drug-likeness (QED) is 0.660. The van der Waals surface area contributed by atoms with Crippen molar-refractivity contribution in [2.45, 2.75) is 31.7 Å². The summed E-state index contributed by atoms with van der Waals surface area (Å²) in [4.78, 5) is 14.2. The second-order valence-electron chi connectivity index (χ2n) is 4.83. The lowest BCUT2D eigenvalue weighted by molar-refractivity contribution is 0.0726. The minimum absolute atomic E-state index is 0.0161. The molecule has 1 aliphatic rings. The van der Waals surface area contributed by atoms with Crippen LogP contribution in [0.2, 0.25) is 0 Å². The predicted octanol–water partition coefficient (Wildman–Crippen LogP) is 2.72. The average molecular weight is 284 g/mol. The van der Waals surface area contributed by atoms with Gasteiger partial charge in [0.25, 0.3) is 5.91 Å². The zero-order chi connectivity index (χ0) is 13.8. The number of likely N-dealkylation sites (tertiary alicyclic amines) is 1. The fourth-order valence-electron chi connectivity index (χ4n) is 2.57. The second-order valence-corrected chi connectivity index (χ2v) is 5.21. The van der Waals surface area contributed by atoms with E-state index in [0.29, 0.717) is 12.4 Å².